The van der Waals surface area contributed by atoms with Crippen LogP contribution in [0.2, 0.25) is 0 Å². The summed E-state index contributed by atoms with van der Waals surface area (Å²) in [5.41, 5.74) is 0.247. The lowest BCUT2D eigenvalue weighted by Gasteiger charge is -2.43. The zero-order valence-electron chi connectivity index (χ0n) is 13.0. The number of aliphatic carboxylic acids is 1. The van der Waals surface area contributed by atoms with Crippen molar-refractivity contribution in [3.05, 3.63) is 0 Å². The smallest absolute Gasteiger partial charge is 0.332 e. The first-order valence-electron chi connectivity index (χ1n) is 7.62. The van der Waals surface area contributed by atoms with Crippen LogP contribution in [0, 0.1) is 16.7 Å². The van der Waals surface area contributed by atoms with Gasteiger partial charge in [0.1, 0.15) is 0 Å². The maximum Gasteiger partial charge on any atom is 0.332 e. The molecule has 0 saturated heterocycles. The fourth-order valence-corrected chi connectivity index (χ4v) is 4.29. The number of urea groups is 1. The Kier molecular flexibility index (Phi) is 4.19. The number of carbonyl (C=O) groups is 2. The number of carboxylic acid groups (broad SMARTS) is 1. The second-order valence-electron chi connectivity index (χ2n) is 7.39. The number of carbonyl (C=O) groups excluding carboxylic acids is 1. The predicted octanol–water partition coefficient (Wildman–Crippen LogP) is 1.34. The molecule has 2 aliphatic carbocycles. The van der Waals surface area contributed by atoms with Crippen LogP contribution in [0.1, 0.15) is 46.5 Å². The highest BCUT2D eigenvalue weighted by Gasteiger charge is 2.59. The van der Waals surface area contributed by atoms with E-state index in [1.807, 2.05) is 0 Å². The van der Waals surface area contributed by atoms with Gasteiger partial charge in [-0.1, -0.05) is 20.8 Å². The van der Waals surface area contributed by atoms with Crippen LogP contribution in [-0.4, -0.2) is 40.9 Å². The summed E-state index contributed by atoms with van der Waals surface area (Å²) >= 11 is 0. The number of nitrogens with one attached hydrogen (secondary N) is 2. The molecule has 0 heterocycles. The van der Waals surface area contributed by atoms with Crippen LogP contribution in [0.3, 0.4) is 0 Å². The maximum absolute atomic E-state index is 12.0. The molecule has 2 fully saturated rings. The highest BCUT2D eigenvalue weighted by atomic mass is 16.4. The van der Waals surface area contributed by atoms with E-state index in [1.54, 1.807) is 0 Å². The number of aliphatic hydroxyl groups is 1. The molecular weight excluding hydrogens is 272 g/mol. The number of aliphatic hydroxyl groups excluding tert-OH is 1. The molecule has 6 heteroatoms. The van der Waals surface area contributed by atoms with Crippen molar-refractivity contribution in [1.82, 2.24) is 10.6 Å². The lowest BCUT2D eigenvalue weighted by atomic mass is 9.68. The SMILES string of the molecule is CC12CCC(C1)C(C)(C)C2NC(=O)NCC[C@H](O)C(=O)O. The van der Waals surface area contributed by atoms with E-state index in [-0.39, 0.29) is 35.9 Å². The molecule has 4 atom stereocenters. The van der Waals surface area contributed by atoms with E-state index >= 15 is 0 Å². The first-order valence-corrected chi connectivity index (χ1v) is 7.62. The van der Waals surface area contributed by atoms with Crippen LogP contribution in [0.25, 0.3) is 0 Å². The van der Waals surface area contributed by atoms with Crippen LogP contribution in [0.15, 0.2) is 0 Å². The van der Waals surface area contributed by atoms with Gasteiger partial charge in [0, 0.05) is 19.0 Å². The monoisotopic (exact) mass is 298 g/mol. The van der Waals surface area contributed by atoms with Crippen molar-refractivity contribution >= 4 is 12.0 Å². The molecule has 2 amide bonds. The summed E-state index contributed by atoms with van der Waals surface area (Å²) in [6, 6.07) is -0.146. The topological polar surface area (TPSA) is 98.7 Å². The Labute approximate surface area is 125 Å². The van der Waals surface area contributed by atoms with E-state index in [0.29, 0.717) is 5.92 Å². The lowest BCUT2D eigenvalue weighted by Crippen LogP contribution is -2.55. The van der Waals surface area contributed by atoms with E-state index < -0.39 is 12.1 Å². The summed E-state index contributed by atoms with van der Waals surface area (Å²) in [5, 5.41) is 23.4. The summed E-state index contributed by atoms with van der Waals surface area (Å²) in [6.07, 6.45) is 2.11. The van der Waals surface area contributed by atoms with Gasteiger partial charge in [-0.15, -0.1) is 0 Å². The quantitative estimate of drug-likeness (QED) is 0.615. The molecule has 3 unspecified atom stereocenters. The van der Waals surface area contributed by atoms with E-state index in [1.165, 1.54) is 6.42 Å². The highest BCUT2D eigenvalue weighted by molar-refractivity contribution is 5.75. The Balaban J connectivity index is 1.84. The van der Waals surface area contributed by atoms with E-state index in [4.69, 9.17) is 10.2 Å². The van der Waals surface area contributed by atoms with E-state index in [0.717, 1.165) is 12.8 Å². The molecule has 2 bridgehead atoms. The molecule has 0 aliphatic heterocycles. The number of rotatable bonds is 5. The average Bonchev–Trinajstić information content (AvgIpc) is 2.85. The molecule has 0 aromatic carbocycles. The summed E-state index contributed by atoms with van der Waals surface area (Å²) in [6.45, 7) is 6.80. The molecule has 4 N–H and O–H groups in total. The van der Waals surface area contributed by atoms with Gasteiger partial charge in [0.2, 0.25) is 0 Å². The van der Waals surface area contributed by atoms with Crippen LogP contribution < -0.4 is 10.6 Å². The maximum atomic E-state index is 12.0. The van der Waals surface area contributed by atoms with E-state index in [9.17, 15) is 9.59 Å². The number of fused-ring (bicyclic) bond motifs is 2. The molecule has 2 rings (SSSR count). The number of hydrogen-bond acceptors (Lipinski definition) is 3. The van der Waals surface area contributed by atoms with Gasteiger partial charge in [-0.05, 0) is 36.0 Å². The summed E-state index contributed by atoms with van der Waals surface area (Å²) in [7, 11) is 0. The number of carboxylic acids is 1. The molecular formula is C15H26N2O4. The lowest BCUT2D eigenvalue weighted by molar-refractivity contribution is -0.146. The molecule has 120 valence electrons. The second kappa shape index (κ2) is 5.48. The Bertz CT molecular complexity index is 433. The largest absolute Gasteiger partial charge is 0.479 e. The zero-order chi connectivity index (χ0) is 15.8. The molecule has 2 saturated carbocycles. The van der Waals surface area contributed by atoms with Crippen molar-refractivity contribution in [3.8, 4) is 0 Å². The summed E-state index contributed by atoms with van der Waals surface area (Å²) < 4.78 is 0. The van der Waals surface area contributed by atoms with Gasteiger partial charge in [0.25, 0.3) is 0 Å². The van der Waals surface area contributed by atoms with Crippen molar-refractivity contribution in [2.75, 3.05) is 6.54 Å². The molecule has 0 aromatic rings. The summed E-state index contributed by atoms with van der Waals surface area (Å²) in [5.74, 6) is -0.611. The minimum atomic E-state index is -1.43. The minimum Gasteiger partial charge on any atom is -0.479 e. The Morgan fingerprint density at radius 3 is 2.52 bits per heavy atom. The van der Waals surface area contributed by atoms with Gasteiger partial charge in [-0.2, -0.15) is 0 Å². The zero-order valence-corrected chi connectivity index (χ0v) is 13.0. The van der Waals surface area contributed by atoms with Crippen molar-refractivity contribution < 1.29 is 19.8 Å². The fraction of sp³-hybridized carbons (Fsp3) is 0.867. The number of hydrogen-bond donors (Lipinski definition) is 4. The van der Waals surface area contributed by atoms with Gasteiger partial charge in [-0.3, -0.25) is 0 Å². The Hall–Kier alpha value is -1.30. The molecule has 2 aliphatic rings. The Morgan fingerprint density at radius 1 is 1.33 bits per heavy atom. The van der Waals surface area contributed by atoms with Gasteiger partial charge >= 0.3 is 12.0 Å². The third kappa shape index (κ3) is 3.00. The molecule has 21 heavy (non-hydrogen) atoms. The van der Waals surface area contributed by atoms with Gasteiger partial charge in [-0.25, -0.2) is 9.59 Å². The molecule has 0 radical (unpaired) electrons. The van der Waals surface area contributed by atoms with E-state index in [2.05, 4.69) is 31.4 Å². The molecule has 6 nitrogen and oxygen atoms in total. The third-order valence-corrected chi connectivity index (χ3v) is 5.53. The predicted molar refractivity (Wildman–Crippen MR) is 77.8 cm³/mol. The van der Waals surface area contributed by atoms with Crippen LogP contribution in [0.5, 0.6) is 0 Å². The first-order chi connectivity index (χ1) is 9.67. The van der Waals surface area contributed by atoms with Crippen LogP contribution in [-0.2, 0) is 4.79 Å². The standard InChI is InChI=1S/C15H26N2O4/c1-14(2)9-4-6-15(3,8-9)12(14)17-13(21)16-7-5-10(18)11(19)20/h9-10,12,18H,4-8H2,1-3H3,(H,19,20)(H2,16,17,21)/t9?,10-,12?,15?/m0/s1. The van der Waals surface area contributed by atoms with Gasteiger partial charge in [0.15, 0.2) is 6.10 Å². The van der Waals surface area contributed by atoms with Crippen molar-refractivity contribution in [2.45, 2.75) is 58.6 Å². The second-order valence-corrected chi connectivity index (χ2v) is 7.39. The first kappa shape index (κ1) is 16.1. The fourth-order valence-electron chi connectivity index (χ4n) is 4.29. The number of amides is 2. The van der Waals surface area contributed by atoms with Crippen molar-refractivity contribution in [3.63, 3.8) is 0 Å². The third-order valence-electron chi connectivity index (χ3n) is 5.53. The van der Waals surface area contributed by atoms with Crippen LogP contribution in [0.4, 0.5) is 4.79 Å². The van der Waals surface area contributed by atoms with Gasteiger partial charge in [0.05, 0.1) is 0 Å². The average molecular weight is 298 g/mol. The summed E-state index contributed by atoms with van der Waals surface area (Å²) in [4.78, 5) is 22.5. The molecule has 0 spiro atoms. The van der Waals surface area contributed by atoms with Crippen molar-refractivity contribution in [1.29, 1.82) is 0 Å². The van der Waals surface area contributed by atoms with Gasteiger partial charge < -0.3 is 20.8 Å². The highest BCUT2D eigenvalue weighted by Crippen LogP contribution is 2.62. The minimum absolute atomic E-state index is 0.0106. The Morgan fingerprint density at radius 2 is 2.00 bits per heavy atom. The normalized spacial score (nSPS) is 34.5. The van der Waals surface area contributed by atoms with Crippen molar-refractivity contribution in [2.24, 2.45) is 16.7 Å². The van der Waals surface area contributed by atoms with Crippen LogP contribution >= 0.6 is 0 Å². The molecule has 0 aromatic heterocycles.